The first-order valence-corrected chi connectivity index (χ1v) is 14.0. The molecule has 0 atom stereocenters. The summed E-state index contributed by atoms with van der Waals surface area (Å²) < 4.78 is 27.7. The Hall–Kier alpha value is -2.26. The maximum Gasteiger partial charge on any atom is 0.330 e. The Balaban J connectivity index is 1.35. The topological polar surface area (TPSA) is 113 Å². The first kappa shape index (κ1) is 23.5. The van der Waals surface area contributed by atoms with Gasteiger partial charge in [0.05, 0.1) is 36.6 Å². The van der Waals surface area contributed by atoms with Crippen molar-refractivity contribution in [1.29, 1.82) is 0 Å². The highest BCUT2D eigenvalue weighted by Crippen LogP contribution is 2.48. The Kier molecular flexibility index (Phi) is 6.75. The first-order valence-electron chi connectivity index (χ1n) is 12.2. The van der Waals surface area contributed by atoms with Crippen LogP contribution in [0.3, 0.4) is 0 Å². The van der Waals surface area contributed by atoms with Gasteiger partial charge in [-0.1, -0.05) is 0 Å². The second-order valence-corrected chi connectivity index (χ2v) is 11.4. The summed E-state index contributed by atoms with van der Waals surface area (Å²) in [7, 11) is -3.10. The number of likely N-dealkylation sites (tertiary alicyclic amines) is 1. The zero-order valence-electron chi connectivity index (χ0n) is 20.0. The van der Waals surface area contributed by atoms with Crippen LogP contribution in [-0.2, 0) is 20.0 Å². The van der Waals surface area contributed by atoms with Gasteiger partial charge in [-0.3, -0.25) is 4.57 Å². The molecule has 0 unspecified atom stereocenters. The number of nitrogens with zero attached hydrogens (tertiary/aromatic N) is 6. The number of hydrogen-bond donors (Lipinski definition) is 1. The molecule has 1 saturated heterocycles. The minimum absolute atomic E-state index is 0.313. The van der Waals surface area contributed by atoms with Crippen LogP contribution in [0.1, 0.15) is 44.7 Å². The number of anilines is 1. The van der Waals surface area contributed by atoms with Gasteiger partial charge in [0.1, 0.15) is 17.8 Å². The van der Waals surface area contributed by atoms with Gasteiger partial charge in [0, 0.05) is 25.0 Å². The van der Waals surface area contributed by atoms with Gasteiger partial charge in [0.25, 0.3) is 0 Å². The van der Waals surface area contributed by atoms with E-state index in [-0.39, 0.29) is 0 Å². The average Bonchev–Trinajstić information content (AvgIpc) is 3.36. The highest BCUT2D eigenvalue weighted by Gasteiger charge is 2.34. The molecule has 10 nitrogen and oxygen atoms in total. The number of aryl methyl sites for hydroxylation is 1. The van der Waals surface area contributed by atoms with Crippen LogP contribution in [0.15, 0.2) is 24.9 Å². The molecule has 1 aliphatic heterocycles. The quantitative estimate of drug-likeness (QED) is 0.408. The summed E-state index contributed by atoms with van der Waals surface area (Å²) in [5.41, 5.74) is 8.96. The van der Waals surface area contributed by atoms with Crippen molar-refractivity contribution < 1.29 is 13.6 Å². The molecule has 0 amide bonds. The highest BCUT2D eigenvalue weighted by atomic mass is 31.2. The molecule has 184 valence electrons. The van der Waals surface area contributed by atoms with Crippen LogP contribution in [0, 0.1) is 5.92 Å². The van der Waals surface area contributed by atoms with Gasteiger partial charge in [-0.2, -0.15) is 5.10 Å². The van der Waals surface area contributed by atoms with Crippen LogP contribution in [0.5, 0.6) is 0 Å². The standard InChI is InChI=1S/C23H34N7O3P/c1-3-32-34(31,33-4-2)9-6-17-12-27-30(14-17)20-15-29(23-21(20)22(24)25-16-26-23)19-10-18(11-19)13-28-7-5-8-28/h12,14-16,18-19H,3-11,13H2,1-2H3,(H2,24,25,26)/t18-,19+. The molecule has 5 rings (SSSR count). The van der Waals surface area contributed by atoms with E-state index in [1.807, 2.05) is 24.7 Å². The summed E-state index contributed by atoms with van der Waals surface area (Å²) in [6.45, 7) is 8.05. The lowest BCUT2D eigenvalue weighted by molar-refractivity contribution is 0.0921. The van der Waals surface area contributed by atoms with Gasteiger partial charge in [0.15, 0.2) is 0 Å². The molecular formula is C23H34N7O3P. The fraction of sp³-hybridized carbons (Fsp3) is 0.609. The predicted molar refractivity (Wildman–Crippen MR) is 131 cm³/mol. The largest absolute Gasteiger partial charge is 0.383 e. The maximum atomic E-state index is 12.8. The van der Waals surface area contributed by atoms with Gasteiger partial charge in [-0.25, -0.2) is 14.6 Å². The minimum Gasteiger partial charge on any atom is -0.383 e. The van der Waals surface area contributed by atoms with Gasteiger partial charge in [-0.05, 0) is 64.1 Å². The molecule has 2 aliphatic rings. The minimum atomic E-state index is -3.10. The van der Waals surface area contributed by atoms with E-state index < -0.39 is 7.60 Å². The van der Waals surface area contributed by atoms with Crippen molar-refractivity contribution >= 4 is 24.4 Å². The number of nitrogens with two attached hydrogens (primary N) is 1. The molecule has 2 fully saturated rings. The van der Waals surface area contributed by atoms with E-state index in [4.69, 9.17) is 14.8 Å². The zero-order valence-corrected chi connectivity index (χ0v) is 20.9. The van der Waals surface area contributed by atoms with Crippen molar-refractivity contribution in [1.82, 2.24) is 29.2 Å². The summed E-state index contributed by atoms with van der Waals surface area (Å²) in [4.78, 5) is 11.3. The number of hydrogen-bond acceptors (Lipinski definition) is 8. The number of fused-ring (bicyclic) bond motifs is 1. The zero-order chi connectivity index (χ0) is 23.7. The van der Waals surface area contributed by atoms with Crippen molar-refractivity contribution in [3.63, 3.8) is 0 Å². The highest BCUT2D eigenvalue weighted by molar-refractivity contribution is 7.53. The normalized spacial score (nSPS) is 21.0. The average molecular weight is 488 g/mol. The van der Waals surface area contributed by atoms with Crippen molar-refractivity contribution in [3.8, 4) is 5.69 Å². The van der Waals surface area contributed by atoms with Crippen LogP contribution in [0.25, 0.3) is 16.7 Å². The summed E-state index contributed by atoms with van der Waals surface area (Å²) in [5, 5.41) is 5.39. The lowest BCUT2D eigenvalue weighted by atomic mass is 9.79. The number of aromatic nitrogens is 5. The van der Waals surface area contributed by atoms with Crippen molar-refractivity contribution in [2.45, 2.75) is 45.6 Å². The molecule has 0 bridgehead atoms. The van der Waals surface area contributed by atoms with Gasteiger partial charge in [-0.15, -0.1) is 0 Å². The van der Waals surface area contributed by atoms with Gasteiger partial charge < -0.3 is 24.2 Å². The molecule has 3 aromatic rings. The van der Waals surface area contributed by atoms with Crippen LogP contribution in [-0.4, -0.2) is 68.2 Å². The second kappa shape index (κ2) is 9.77. The maximum absolute atomic E-state index is 12.8. The van der Waals surface area contributed by atoms with E-state index in [9.17, 15) is 4.57 Å². The summed E-state index contributed by atoms with van der Waals surface area (Å²) in [6, 6.07) is 0.412. The molecule has 2 N–H and O–H groups in total. The third-order valence-electron chi connectivity index (χ3n) is 6.90. The summed E-state index contributed by atoms with van der Waals surface area (Å²) >= 11 is 0. The van der Waals surface area contributed by atoms with Crippen molar-refractivity contribution in [3.05, 3.63) is 30.5 Å². The number of rotatable bonds is 11. The fourth-order valence-corrected chi connectivity index (χ4v) is 6.64. The molecular weight excluding hydrogens is 453 g/mol. The SMILES string of the molecule is CCOP(=O)(CCc1cnn(-c2cn([C@H]3C[C@@H](CN4CCC4)C3)c3ncnc(N)c23)c1)OCC. The predicted octanol–water partition coefficient (Wildman–Crippen LogP) is 3.66. The molecule has 1 aliphatic carbocycles. The molecule has 0 spiro atoms. The smallest absolute Gasteiger partial charge is 0.330 e. The Morgan fingerprint density at radius 2 is 1.91 bits per heavy atom. The summed E-state index contributed by atoms with van der Waals surface area (Å²) in [6.07, 6.45) is 11.9. The van der Waals surface area contributed by atoms with Crippen molar-refractivity contribution in [2.24, 2.45) is 5.92 Å². The molecule has 11 heteroatoms. The van der Waals surface area contributed by atoms with E-state index in [1.54, 1.807) is 6.20 Å². The van der Waals surface area contributed by atoms with Crippen LogP contribution in [0.4, 0.5) is 5.82 Å². The Morgan fingerprint density at radius 1 is 1.15 bits per heavy atom. The van der Waals surface area contributed by atoms with Gasteiger partial charge >= 0.3 is 7.60 Å². The third-order valence-corrected chi connectivity index (χ3v) is 8.97. The van der Waals surface area contributed by atoms with Crippen LogP contribution in [0.2, 0.25) is 0 Å². The summed E-state index contributed by atoms with van der Waals surface area (Å²) in [5.74, 6) is 1.19. The Bertz CT molecular complexity index is 1170. The molecule has 34 heavy (non-hydrogen) atoms. The van der Waals surface area contributed by atoms with E-state index in [0.717, 1.165) is 41.0 Å². The van der Waals surface area contributed by atoms with E-state index >= 15 is 0 Å². The van der Waals surface area contributed by atoms with E-state index in [1.165, 1.54) is 32.4 Å². The fourth-order valence-electron chi connectivity index (χ4n) is 4.99. The lowest BCUT2D eigenvalue weighted by Gasteiger charge is -2.42. The van der Waals surface area contributed by atoms with Crippen LogP contribution >= 0.6 is 7.60 Å². The Labute approximate surface area is 200 Å². The second-order valence-electron chi connectivity index (χ2n) is 9.24. The molecule has 1 saturated carbocycles. The van der Waals surface area contributed by atoms with E-state index in [2.05, 4.69) is 30.7 Å². The molecule has 0 aromatic carbocycles. The first-order chi connectivity index (χ1) is 16.5. The lowest BCUT2D eigenvalue weighted by Crippen LogP contribution is -2.43. The van der Waals surface area contributed by atoms with Gasteiger partial charge in [0.2, 0.25) is 0 Å². The molecule has 4 heterocycles. The number of nitrogen functional groups attached to an aromatic ring is 1. The Morgan fingerprint density at radius 3 is 2.59 bits per heavy atom. The monoisotopic (exact) mass is 487 g/mol. The molecule has 0 radical (unpaired) electrons. The van der Waals surface area contributed by atoms with Crippen molar-refractivity contribution in [2.75, 3.05) is 44.7 Å². The van der Waals surface area contributed by atoms with E-state index in [0.29, 0.717) is 37.7 Å². The van der Waals surface area contributed by atoms with Crippen LogP contribution < -0.4 is 5.73 Å². The third kappa shape index (κ3) is 4.64. The molecule has 3 aromatic heterocycles.